The summed E-state index contributed by atoms with van der Waals surface area (Å²) >= 11 is 0. The number of hydrogen-bond acceptors (Lipinski definition) is 5. The molecule has 3 aromatic rings. The summed E-state index contributed by atoms with van der Waals surface area (Å²) in [5.41, 5.74) is 2.20. The number of nitrogens with one attached hydrogen (secondary N) is 1. The van der Waals surface area contributed by atoms with E-state index in [1.165, 1.54) is 0 Å². The number of rotatable bonds is 7. The third kappa shape index (κ3) is 4.54. The van der Waals surface area contributed by atoms with Crippen molar-refractivity contribution < 1.29 is 14.1 Å². The number of benzene rings is 2. The minimum absolute atomic E-state index is 0.00421. The predicted molar refractivity (Wildman–Crippen MR) is 104 cm³/mol. The van der Waals surface area contributed by atoms with Crippen LogP contribution in [0.3, 0.4) is 0 Å². The highest BCUT2D eigenvalue weighted by Crippen LogP contribution is 2.23. The minimum Gasteiger partial charge on any atom is -0.497 e. The maximum absolute atomic E-state index is 12.5. The monoisotopic (exact) mass is 365 g/mol. The second-order valence-electron chi connectivity index (χ2n) is 6.41. The first-order valence-electron chi connectivity index (χ1n) is 8.69. The summed E-state index contributed by atoms with van der Waals surface area (Å²) in [6, 6.07) is 19.1. The van der Waals surface area contributed by atoms with Gasteiger partial charge in [-0.3, -0.25) is 4.79 Å². The fraction of sp³-hybridized carbons (Fsp3) is 0.238. The molecule has 1 heterocycles. The topological polar surface area (TPSA) is 67.6 Å². The first-order chi connectivity index (χ1) is 13.1. The van der Waals surface area contributed by atoms with Gasteiger partial charge in [-0.25, -0.2) is 0 Å². The Morgan fingerprint density at radius 1 is 1.15 bits per heavy atom. The van der Waals surface area contributed by atoms with Crippen LogP contribution in [0.25, 0.3) is 11.3 Å². The maximum atomic E-state index is 12.5. The number of ether oxygens (including phenoxy) is 1. The van der Waals surface area contributed by atoms with Gasteiger partial charge in [0.05, 0.1) is 13.2 Å². The van der Waals surface area contributed by atoms with Crippen LogP contribution >= 0.6 is 0 Å². The number of likely N-dealkylation sites (N-methyl/N-ethyl adjacent to an activating group) is 1. The van der Waals surface area contributed by atoms with Crippen molar-refractivity contribution in [1.82, 2.24) is 15.4 Å². The van der Waals surface area contributed by atoms with Gasteiger partial charge in [0.2, 0.25) is 0 Å². The van der Waals surface area contributed by atoms with E-state index in [0.29, 0.717) is 12.3 Å². The molecule has 0 spiro atoms. The van der Waals surface area contributed by atoms with Gasteiger partial charge in [-0.1, -0.05) is 47.6 Å². The van der Waals surface area contributed by atoms with E-state index >= 15 is 0 Å². The van der Waals surface area contributed by atoms with E-state index in [1.54, 1.807) is 13.2 Å². The molecule has 6 nitrogen and oxygen atoms in total. The molecule has 0 aliphatic rings. The SMILES string of the molecule is COc1cccc(C(CNC(=O)c2cc(-c3ccccc3)on2)N(C)C)c1. The molecule has 27 heavy (non-hydrogen) atoms. The summed E-state index contributed by atoms with van der Waals surface area (Å²) in [5.74, 6) is 1.09. The molecule has 3 rings (SSSR count). The normalized spacial score (nSPS) is 12.0. The zero-order valence-corrected chi connectivity index (χ0v) is 15.7. The highest BCUT2D eigenvalue weighted by Gasteiger charge is 2.18. The van der Waals surface area contributed by atoms with Gasteiger partial charge in [0.15, 0.2) is 11.5 Å². The minimum atomic E-state index is -0.268. The van der Waals surface area contributed by atoms with Gasteiger partial charge < -0.3 is 19.5 Å². The van der Waals surface area contributed by atoms with Crippen molar-refractivity contribution in [2.75, 3.05) is 27.7 Å². The maximum Gasteiger partial charge on any atom is 0.273 e. The van der Waals surface area contributed by atoms with E-state index in [9.17, 15) is 4.79 Å². The van der Waals surface area contributed by atoms with Crippen LogP contribution in [0.1, 0.15) is 22.1 Å². The fourth-order valence-corrected chi connectivity index (χ4v) is 2.85. The third-order valence-electron chi connectivity index (χ3n) is 4.36. The van der Waals surface area contributed by atoms with Crippen LogP contribution in [0.2, 0.25) is 0 Å². The Bertz CT molecular complexity index is 890. The van der Waals surface area contributed by atoms with Crippen LogP contribution in [0.5, 0.6) is 5.75 Å². The summed E-state index contributed by atoms with van der Waals surface area (Å²) in [4.78, 5) is 14.5. The molecular weight excluding hydrogens is 342 g/mol. The van der Waals surface area contributed by atoms with Crippen LogP contribution in [-0.4, -0.2) is 43.7 Å². The number of amides is 1. The number of methoxy groups -OCH3 is 1. The first-order valence-corrected chi connectivity index (χ1v) is 8.69. The lowest BCUT2D eigenvalue weighted by Crippen LogP contribution is -2.34. The first kappa shape index (κ1) is 18.7. The average molecular weight is 365 g/mol. The number of aromatic nitrogens is 1. The van der Waals surface area contributed by atoms with Crippen molar-refractivity contribution in [2.45, 2.75) is 6.04 Å². The summed E-state index contributed by atoms with van der Waals surface area (Å²) in [7, 11) is 5.58. The summed E-state index contributed by atoms with van der Waals surface area (Å²) in [5, 5.41) is 6.83. The van der Waals surface area contributed by atoms with Gasteiger partial charge in [-0.2, -0.15) is 0 Å². The van der Waals surface area contributed by atoms with Crippen molar-refractivity contribution in [1.29, 1.82) is 0 Å². The number of hydrogen-bond donors (Lipinski definition) is 1. The Labute approximate surface area is 158 Å². The fourth-order valence-electron chi connectivity index (χ4n) is 2.85. The van der Waals surface area contributed by atoms with E-state index in [4.69, 9.17) is 9.26 Å². The molecule has 1 N–H and O–H groups in total. The quantitative estimate of drug-likeness (QED) is 0.695. The van der Waals surface area contributed by atoms with Gasteiger partial charge in [0.25, 0.3) is 5.91 Å². The van der Waals surface area contributed by atoms with Gasteiger partial charge in [-0.15, -0.1) is 0 Å². The molecule has 0 bridgehead atoms. The van der Waals surface area contributed by atoms with Crippen LogP contribution in [0.15, 0.2) is 65.2 Å². The van der Waals surface area contributed by atoms with E-state index in [0.717, 1.165) is 16.9 Å². The second-order valence-corrected chi connectivity index (χ2v) is 6.41. The lowest BCUT2D eigenvalue weighted by molar-refractivity contribution is 0.0933. The van der Waals surface area contributed by atoms with Crippen LogP contribution < -0.4 is 10.1 Å². The van der Waals surface area contributed by atoms with E-state index in [2.05, 4.69) is 10.5 Å². The Kier molecular flexibility index (Phi) is 5.88. The number of carbonyl (C=O) groups excluding carboxylic acids is 1. The van der Waals surface area contributed by atoms with Crippen molar-refractivity contribution in [2.24, 2.45) is 0 Å². The molecule has 0 aliphatic carbocycles. The third-order valence-corrected chi connectivity index (χ3v) is 4.36. The molecule has 0 saturated heterocycles. The summed E-state index contributed by atoms with van der Waals surface area (Å²) in [6.07, 6.45) is 0. The Balaban J connectivity index is 1.69. The molecule has 0 fully saturated rings. The van der Waals surface area contributed by atoms with E-state index in [1.807, 2.05) is 73.6 Å². The van der Waals surface area contributed by atoms with Crippen LogP contribution in [0.4, 0.5) is 0 Å². The zero-order chi connectivity index (χ0) is 19.2. The standard InChI is InChI=1S/C21H23N3O3/c1-24(2)19(16-10-7-11-17(12-16)26-3)14-22-21(25)18-13-20(27-23-18)15-8-5-4-6-9-15/h4-13,19H,14H2,1-3H3,(H,22,25). The van der Waals surface area contributed by atoms with Gasteiger partial charge in [0, 0.05) is 18.2 Å². The average Bonchev–Trinajstić information content (AvgIpc) is 3.19. The summed E-state index contributed by atoms with van der Waals surface area (Å²) < 4.78 is 10.6. The van der Waals surface area contributed by atoms with Gasteiger partial charge in [-0.05, 0) is 31.8 Å². The molecule has 6 heteroatoms. The Morgan fingerprint density at radius 3 is 2.63 bits per heavy atom. The Hall–Kier alpha value is -3.12. The molecule has 2 aromatic carbocycles. The lowest BCUT2D eigenvalue weighted by Gasteiger charge is -2.25. The van der Waals surface area contributed by atoms with E-state index in [-0.39, 0.29) is 17.6 Å². The lowest BCUT2D eigenvalue weighted by atomic mass is 10.1. The van der Waals surface area contributed by atoms with E-state index < -0.39 is 0 Å². The molecule has 0 radical (unpaired) electrons. The molecule has 1 unspecified atom stereocenters. The predicted octanol–water partition coefficient (Wildman–Crippen LogP) is 3.38. The van der Waals surface area contributed by atoms with Crippen molar-refractivity contribution in [3.63, 3.8) is 0 Å². The summed E-state index contributed by atoms with van der Waals surface area (Å²) in [6.45, 7) is 0.437. The van der Waals surface area contributed by atoms with Crippen molar-refractivity contribution >= 4 is 5.91 Å². The smallest absolute Gasteiger partial charge is 0.273 e. The molecule has 1 atom stereocenters. The zero-order valence-electron chi connectivity index (χ0n) is 15.7. The Morgan fingerprint density at radius 2 is 1.93 bits per heavy atom. The molecule has 1 amide bonds. The van der Waals surface area contributed by atoms with Crippen LogP contribution in [-0.2, 0) is 0 Å². The molecule has 0 saturated carbocycles. The van der Waals surface area contributed by atoms with Gasteiger partial charge >= 0.3 is 0 Å². The van der Waals surface area contributed by atoms with Gasteiger partial charge in [0.1, 0.15) is 5.75 Å². The number of carbonyl (C=O) groups is 1. The highest BCUT2D eigenvalue weighted by molar-refractivity contribution is 5.93. The molecule has 0 aliphatic heterocycles. The van der Waals surface area contributed by atoms with Crippen molar-refractivity contribution in [3.05, 3.63) is 71.9 Å². The number of nitrogens with zero attached hydrogens (tertiary/aromatic N) is 2. The molecule has 140 valence electrons. The largest absolute Gasteiger partial charge is 0.497 e. The highest BCUT2D eigenvalue weighted by atomic mass is 16.5. The van der Waals surface area contributed by atoms with Crippen molar-refractivity contribution in [3.8, 4) is 17.1 Å². The second kappa shape index (κ2) is 8.51. The van der Waals surface area contributed by atoms with Crippen LogP contribution in [0, 0.1) is 0 Å². The molecule has 1 aromatic heterocycles. The molecular formula is C21H23N3O3.